The minimum atomic E-state index is -1.06. The summed E-state index contributed by atoms with van der Waals surface area (Å²) < 4.78 is 48.2. The van der Waals surface area contributed by atoms with Gasteiger partial charge in [0.25, 0.3) is 0 Å². The highest BCUT2D eigenvalue weighted by atomic mass is 16.7. The summed E-state index contributed by atoms with van der Waals surface area (Å²) in [5.74, 6) is 1.81. The van der Waals surface area contributed by atoms with Crippen LogP contribution >= 0.6 is 0 Å². The van der Waals surface area contributed by atoms with E-state index in [1.165, 1.54) is 25.7 Å². The van der Waals surface area contributed by atoms with E-state index in [1.807, 2.05) is 12.1 Å². The molecular formula is C48H56N2O14. The lowest BCUT2D eigenvalue weighted by Crippen LogP contribution is -2.77. The van der Waals surface area contributed by atoms with Crippen LogP contribution in [0.2, 0.25) is 0 Å². The summed E-state index contributed by atoms with van der Waals surface area (Å²) in [7, 11) is 0. The van der Waals surface area contributed by atoms with Gasteiger partial charge in [0.05, 0.1) is 49.3 Å². The molecule has 6 aliphatic carbocycles. The zero-order valence-corrected chi connectivity index (χ0v) is 36.0. The van der Waals surface area contributed by atoms with Crippen LogP contribution in [0.1, 0.15) is 86.5 Å². The number of phenolic OH excluding ortho intramolecular Hbond substituents is 2. The lowest BCUT2D eigenvalue weighted by Gasteiger charge is -2.63. The van der Waals surface area contributed by atoms with Crippen molar-refractivity contribution in [1.29, 1.82) is 0 Å². The number of benzene rings is 2. The van der Waals surface area contributed by atoms with Gasteiger partial charge in [0.1, 0.15) is 24.4 Å². The number of carbonyl (C=O) groups excluding carboxylic acids is 4. The largest absolute Gasteiger partial charge is 0.508 e. The molecule has 342 valence electrons. The van der Waals surface area contributed by atoms with E-state index >= 15 is 0 Å². The number of likely N-dealkylation sites (tertiary alicyclic amines) is 2. The molecule has 4 bridgehead atoms. The number of ketones is 2. The highest BCUT2D eigenvalue weighted by Gasteiger charge is 2.77. The Morgan fingerprint density at radius 1 is 0.609 bits per heavy atom. The molecule has 0 unspecified atom stereocenters. The molecule has 64 heavy (non-hydrogen) atoms. The number of phenols is 2. The number of hydrogen-bond donors (Lipinski definition) is 2. The van der Waals surface area contributed by atoms with Gasteiger partial charge < -0.3 is 48.1 Å². The second kappa shape index (κ2) is 14.9. The lowest BCUT2D eigenvalue weighted by atomic mass is 9.48. The molecular weight excluding hydrogens is 829 g/mol. The standard InChI is InChI=1S/C48H56N2O14/c51-31-7-5-29-23-35-47(11-9-33(53)41-45(47,37(29)39(31)61-41)13-15-49(35)25-27-1-2-27)63-43(55)59-21-19-57-17-18-58-20-22-60-44(56)64-48-12-10-34(54)42-46(48)14-16-50(26-28-3-4-28)36(48)24-30-6-8-32(52)40(62-42)38(30)46/h5-8,27-28,35-36,41-42,51-52H,1-4,9-26H2/t35-,36-,41+,42+,45+,46+,47-,48-/m1/s1. The molecule has 2 saturated heterocycles. The van der Waals surface area contributed by atoms with Gasteiger partial charge in [-0.1, -0.05) is 12.1 Å². The molecule has 2 N–H and O–H groups in total. The van der Waals surface area contributed by atoms with Crippen molar-refractivity contribution >= 4 is 23.9 Å². The first kappa shape index (κ1) is 40.8. The molecule has 2 aromatic carbocycles. The van der Waals surface area contributed by atoms with Crippen LogP contribution in [0, 0.1) is 11.8 Å². The first-order chi connectivity index (χ1) is 31.1. The van der Waals surface area contributed by atoms with Crippen LogP contribution in [0.25, 0.3) is 0 Å². The van der Waals surface area contributed by atoms with E-state index < -0.39 is 46.6 Å². The second-order valence-corrected chi connectivity index (χ2v) is 20.0. The Morgan fingerprint density at radius 2 is 1.03 bits per heavy atom. The monoisotopic (exact) mass is 884 g/mol. The molecule has 2 spiro atoms. The quantitative estimate of drug-likeness (QED) is 0.189. The van der Waals surface area contributed by atoms with Crippen LogP contribution in [0.4, 0.5) is 9.59 Å². The van der Waals surface area contributed by atoms with Crippen molar-refractivity contribution in [1.82, 2.24) is 9.80 Å². The van der Waals surface area contributed by atoms with Crippen LogP contribution < -0.4 is 9.47 Å². The van der Waals surface area contributed by atoms with Gasteiger partial charge in [-0.2, -0.15) is 0 Å². The fourth-order valence-corrected chi connectivity index (χ4v) is 13.9. The van der Waals surface area contributed by atoms with Crippen molar-refractivity contribution < 1.29 is 67.3 Å². The van der Waals surface area contributed by atoms with Crippen LogP contribution in [0.5, 0.6) is 23.0 Å². The third-order valence-electron chi connectivity index (χ3n) is 16.8. The van der Waals surface area contributed by atoms with E-state index in [4.69, 9.17) is 37.9 Å². The second-order valence-electron chi connectivity index (χ2n) is 20.0. The smallest absolute Gasteiger partial charge is 0.504 e. The SMILES string of the molecule is O=C(OCCOCCOCCOC(=O)O[C@@]12CCC(=O)[C@@H]3Oc4c(O)ccc5c4[C@@]31CCN(CC1CC1)[C@@H]2C5)O[C@@]12CCC(=O)[C@@H]3Oc4c(O)ccc5c4[C@@]31CCN(CC1CC1)[C@@H]2C5. The normalized spacial score (nSPS) is 34.9. The Hall–Kier alpha value is -4.64. The zero-order valence-electron chi connectivity index (χ0n) is 36.0. The Kier molecular flexibility index (Phi) is 9.53. The topological polar surface area (TPSA) is 189 Å². The minimum Gasteiger partial charge on any atom is -0.504 e. The molecule has 10 aliphatic rings. The van der Waals surface area contributed by atoms with E-state index in [0.717, 1.165) is 48.4 Å². The van der Waals surface area contributed by atoms with Crippen LogP contribution in [0.15, 0.2) is 24.3 Å². The van der Waals surface area contributed by atoms with Crippen LogP contribution in [-0.2, 0) is 61.7 Å². The molecule has 4 saturated carbocycles. The zero-order chi connectivity index (χ0) is 43.6. The van der Waals surface area contributed by atoms with Gasteiger partial charge in [-0.3, -0.25) is 19.4 Å². The van der Waals surface area contributed by atoms with E-state index in [2.05, 4.69) is 9.80 Å². The third kappa shape index (κ3) is 5.86. The fraction of sp³-hybridized carbons (Fsp3) is 0.667. The number of ether oxygens (including phenoxy) is 8. The lowest BCUT2D eigenvalue weighted by molar-refractivity contribution is -0.197. The average molecular weight is 885 g/mol. The minimum absolute atomic E-state index is 0.00684. The molecule has 4 heterocycles. The first-order valence-electron chi connectivity index (χ1n) is 23.5. The first-order valence-corrected chi connectivity index (χ1v) is 23.5. The number of carbonyl (C=O) groups is 4. The summed E-state index contributed by atoms with van der Waals surface area (Å²) in [6.07, 6.45) is 4.90. The molecule has 8 atom stereocenters. The molecule has 16 heteroatoms. The number of piperidine rings is 2. The predicted molar refractivity (Wildman–Crippen MR) is 222 cm³/mol. The summed E-state index contributed by atoms with van der Waals surface area (Å²) >= 11 is 0. The van der Waals surface area contributed by atoms with Crippen molar-refractivity contribution in [3.8, 4) is 23.0 Å². The molecule has 16 nitrogen and oxygen atoms in total. The molecule has 0 amide bonds. The van der Waals surface area contributed by atoms with Crippen molar-refractivity contribution in [2.45, 2.75) is 123 Å². The highest BCUT2D eigenvalue weighted by molar-refractivity contribution is 5.91. The van der Waals surface area contributed by atoms with E-state index in [9.17, 15) is 29.4 Å². The maximum atomic E-state index is 13.6. The fourth-order valence-electron chi connectivity index (χ4n) is 13.9. The van der Waals surface area contributed by atoms with Crippen molar-refractivity contribution in [3.63, 3.8) is 0 Å². The number of nitrogens with zero attached hydrogens (tertiary/aromatic N) is 2. The van der Waals surface area contributed by atoms with E-state index in [1.54, 1.807) is 12.1 Å². The Labute approximate surface area is 370 Å². The summed E-state index contributed by atoms with van der Waals surface area (Å²) in [4.78, 5) is 59.1. The molecule has 6 fully saturated rings. The van der Waals surface area contributed by atoms with Gasteiger partial charge in [0.15, 0.2) is 46.8 Å². The van der Waals surface area contributed by atoms with Crippen LogP contribution in [-0.4, -0.2) is 145 Å². The summed E-state index contributed by atoms with van der Waals surface area (Å²) in [6.45, 7) is 3.81. The van der Waals surface area contributed by atoms with Crippen molar-refractivity contribution in [2.75, 3.05) is 65.8 Å². The predicted octanol–water partition coefficient (Wildman–Crippen LogP) is 4.42. The van der Waals surface area contributed by atoms with Gasteiger partial charge in [0.2, 0.25) is 0 Å². The maximum absolute atomic E-state index is 13.6. The van der Waals surface area contributed by atoms with Gasteiger partial charge >= 0.3 is 12.3 Å². The highest BCUT2D eigenvalue weighted by Crippen LogP contribution is 2.68. The molecule has 12 rings (SSSR count). The molecule has 2 aromatic rings. The number of Topliss-reactive ketones (excluding diaryl/α,β-unsaturated/α-hetero) is 2. The van der Waals surface area contributed by atoms with Gasteiger partial charge in [-0.05, 0) is 112 Å². The molecule has 0 radical (unpaired) electrons. The third-order valence-corrected chi connectivity index (χ3v) is 16.8. The molecule has 4 aliphatic heterocycles. The summed E-state index contributed by atoms with van der Waals surface area (Å²) in [6, 6.07) is 6.80. The summed E-state index contributed by atoms with van der Waals surface area (Å²) in [5, 5.41) is 21.7. The number of hydrogen-bond acceptors (Lipinski definition) is 16. The average Bonchev–Trinajstić information content (AvgIpc) is 4.21. The van der Waals surface area contributed by atoms with Gasteiger partial charge in [-0.25, -0.2) is 9.59 Å². The maximum Gasteiger partial charge on any atom is 0.508 e. The van der Waals surface area contributed by atoms with Crippen molar-refractivity contribution in [2.24, 2.45) is 11.8 Å². The Bertz CT molecular complexity index is 2140. The van der Waals surface area contributed by atoms with Gasteiger partial charge in [0, 0.05) is 37.1 Å². The van der Waals surface area contributed by atoms with E-state index in [-0.39, 0.29) is 87.6 Å². The van der Waals surface area contributed by atoms with Gasteiger partial charge in [-0.15, -0.1) is 0 Å². The Balaban J connectivity index is 0.634. The number of rotatable bonds is 15. The van der Waals surface area contributed by atoms with Crippen LogP contribution in [0.3, 0.4) is 0 Å². The van der Waals surface area contributed by atoms with Crippen molar-refractivity contribution in [3.05, 3.63) is 46.5 Å². The molecule has 0 aromatic heterocycles. The summed E-state index contributed by atoms with van der Waals surface area (Å²) in [5.41, 5.74) is -0.253. The van der Waals surface area contributed by atoms with E-state index in [0.29, 0.717) is 61.9 Å². The number of aromatic hydroxyl groups is 2. The Morgan fingerprint density at radius 3 is 1.45 bits per heavy atom.